The van der Waals surface area contributed by atoms with Crippen molar-refractivity contribution in [3.05, 3.63) is 35.1 Å². The maximum atomic E-state index is 12.6. The van der Waals surface area contributed by atoms with E-state index in [4.69, 9.17) is 16.0 Å². The minimum atomic E-state index is -3.58. The number of aryl methyl sites for hydroxylation is 1. The van der Waals surface area contributed by atoms with Gasteiger partial charge in [-0.3, -0.25) is 0 Å². The lowest BCUT2D eigenvalue weighted by atomic mass is 9.84. The molecule has 1 saturated carbocycles. The van der Waals surface area contributed by atoms with Crippen LogP contribution >= 0.6 is 11.6 Å². The van der Waals surface area contributed by atoms with Crippen molar-refractivity contribution in [2.24, 2.45) is 0 Å². The normalized spacial score (nSPS) is 21.7. The Morgan fingerprint density at radius 1 is 1.24 bits per heavy atom. The van der Waals surface area contributed by atoms with Gasteiger partial charge < -0.3 is 4.42 Å². The summed E-state index contributed by atoms with van der Waals surface area (Å²) in [5.41, 5.74) is 1.67. The van der Waals surface area contributed by atoms with Crippen molar-refractivity contribution >= 4 is 27.1 Å². The second-order valence-corrected chi connectivity index (χ2v) is 8.76. The summed E-state index contributed by atoms with van der Waals surface area (Å²) in [5.74, 6) is 0.442. The van der Waals surface area contributed by atoms with Crippen molar-refractivity contribution < 1.29 is 12.8 Å². The van der Waals surface area contributed by atoms with E-state index >= 15 is 0 Å². The van der Waals surface area contributed by atoms with E-state index in [2.05, 4.69) is 20.3 Å². The van der Waals surface area contributed by atoms with Crippen LogP contribution in [0.2, 0.25) is 5.02 Å². The summed E-state index contributed by atoms with van der Waals surface area (Å²) >= 11 is 6.39. The number of nitrogens with zero attached hydrogens (tertiary/aromatic N) is 5. The predicted molar refractivity (Wildman–Crippen MR) is 89.2 cm³/mol. The molecule has 3 heterocycles. The Labute approximate surface area is 149 Å². The third kappa shape index (κ3) is 2.91. The van der Waals surface area contributed by atoms with Crippen LogP contribution in [0.15, 0.2) is 28.2 Å². The molecule has 0 aliphatic heterocycles. The summed E-state index contributed by atoms with van der Waals surface area (Å²) < 4.78 is 32.0. The largest absolute Gasteiger partial charge is 0.413 e. The van der Waals surface area contributed by atoms with Gasteiger partial charge in [0.25, 0.3) is 0 Å². The summed E-state index contributed by atoms with van der Waals surface area (Å²) in [7, 11) is -3.58. The van der Waals surface area contributed by atoms with Crippen LogP contribution in [0.4, 0.5) is 0 Å². The van der Waals surface area contributed by atoms with E-state index in [0.29, 0.717) is 23.5 Å². The molecule has 1 aliphatic rings. The monoisotopic (exact) mass is 381 g/mol. The molecular formula is C15H16ClN5O3S. The summed E-state index contributed by atoms with van der Waals surface area (Å²) in [6.45, 7) is 1.57. The van der Waals surface area contributed by atoms with Gasteiger partial charge in [-0.1, -0.05) is 16.7 Å². The summed E-state index contributed by atoms with van der Waals surface area (Å²) in [6.07, 6.45) is 5.85. The molecule has 25 heavy (non-hydrogen) atoms. The first kappa shape index (κ1) is 16.5. The summed E-state index contributed by atoms with van der Waals surface area (Å²) in [5, 5.41) is 11.3. The van der Waals surface area contributed by atoms with Crippen LogP contribution in [0.3, 0.4) is 0 Å². The van der Waals surface area contributed by atoms with Crippen LogP contribution in [-0.4, -0.2) is 38.5 Å². The van der Waals surface area contributed by atoms with Gasteiger partial charge in [0.1, 0.15) is 6.33 Å². The quantitative estimate of drug-likeness (QED) is 0.686. The first-order valence-corrected chi connectivity index (χ1v) is 9.90. The number of hydrogen-bond donors (Lipinski definition) is 0. The molecule has 0 spiro atoms. The Balaban J connectivity index is 1.53. The van der Waals surface area contributed by atoms with Crippen LogP contribution in [0.25, 0.3) is 5.65 Å². The first-order chi connectivity index (χ1) is 11.9. The van der Waals surface area contributed by atoms with E-state index in [1.54, 1.807) is 17.5 Å². The molecule has 0 N–H and O–H groups in total. The average Bonchev–Trinajstić information content (AvgIpc) is 3.23. The number of aromatic nitrogens is 5. The van der Waals surface area contributed by atoms with Gasteiger partial charge in [0.05, 0.1) is 5.25 Å². The smallest absolute Gasteiger partial charge is 0.335 e. The van der Waals surface area contributed by atoms with E-state index in [1.165, 1.54) is 6.33 Å². The van der Waals surface area contributed by atoms with Crippen LogP contribution in [0, 0.1) is 6.92 Å². The topological polar surface area (TPSA) is 103 Å². The number of halogens is 1. The Morgan fingerprint density at radius 2 is 2.00 bits per heavy atom. The number of hydrogen-bond acceptors (Lipinski definition) is 7. The first-order valence-electron chi connectivity index (χ1n) is 7.98. The van der Waals surface area contributed by atoms with Crippen molar-refractivity contribution in [2.75, 3.05) is 0 Å². The zero-order valence-electron chi connectivity index (χ0n) is 13.5. The number of sulfone groups is 1. The fourth-order valence-corrected chi connectivity index (χ4v) is 5.24. The van der Waals surface area contributed by atoms with Gasteiger partial charge >= 0.3 is 5.22 Å². The third-order valence-electron chi connectivity index (χ3n) is 4.70. The highest BCUT2D eigenvalue weighted by Crippen LogP contribution is 2.39. The maximum Gasteiger partial charge on any atom is 0.335 e. The van der Waals surface area contributed by atoms with E-state index in [-0.39, 0.29) is 17.0 Å². The number of fused-ring (bicyclic) bond motifs is 1. The molecule has 0 aromatic carbocycles. The van der Waals surface area contributed by atoms with Gasteiger partial charge in [-0.15, -0.1) is 5.10 Å². The van der Waals surface area contributed by atoms with Gasteiger partial charge in [-0.25, -0.2) is 17.9 Å². The van der Waals surface area contributed by atoms with Crippen molar-refractivity contribution in [2.45, 2.75) is 49.0 Å². The summed E-state index contributed by atoms with van der Waals surface area (Å²) in [4.78, 5) is 4.11. The SMILES string of the molecule is Cc1nnc(S(=O)(=O)C2CCC(c3cn4ncnc4cc3Cl)CC2)o1. The van der Waals surface area contributed by atoms with Crippen molar-refractivity contribution in [3.8, 4) is 0 Å². The Hall–Kier alpha value is -2.00. The van der Waals surface area contributed by atoms with Gasteiger partial charge in [0.2, 0.25) is 15.7 Å². The molecule has 3 aromatic heterocycles. The lowest BCUT2D eigenvalue weighted by Crippen LogP contribution is -2.27. The molecule has 3 aromatic rings. The molecule has 1 aliphatic carbocycles. The Kier molecular flexibility index (Phi) is 3.99. The van der Waals surface area contributed by atoms with Crippen molar-refractivity contribution in [1.82, 2.24) is 24.8 Å². The lowest BCUT2D eigenvalue weighted by molar-refractivity contribution is 0.390. The molecule has 8 nitrogen and oxygen atoms in total. The summed E-state index contributed by atoms with van der Waals surface area (Å²) in [6, 6.07) is 1.79. The molecular weight excluding hydrogens is 366 g/mol. The molecule has 10 heteroatoms. The number of pyridine rings is 1. The lowest BCUT2D eigenvalue weighted by Gasteiger charge is -2.28. The highest BCUT2D eigenvalue weighted by Gasteiger charge is 2.36. The third-order valence-corrected chi connectivity index (χ3v) is 7.03. The fraction of sp³-hybridized carbons (Fsp3) is 0.467. The van der Waals surface area contributed by atoms with E-state index in [1.807, 2.05) is 6.20 Å². The molecule has 132 valence electrons. The highest BCUT2D eigenvalue weighted by atomic mass is 35.5. The average molecular weight is 382 g/mol. The van der Waals surface area contributed by atoms with Crippen LogP contribution in [-0.2, 0) is 9.84 Å². The number of rotatable bonds is 3. The minimum absolute atomic E-state index is 0.192. The fourth-order valence-electron chi connectivity index (χ4n) is 3.37. The van der Waals surface area contributed by atoms with Crippen LogP contribution in [0.1, 0.15) is 43.1 Å². The van der Waals surface area contributed by atoms with Crippen LogP contribution < -0.4 is 0 Å². The Morgan fingerprint density at radius 3 is 2.68 bits per heavy atom. The van der Waals surface area contributed by atoms with Crippen LogP contribution in [0.5, 0.6) is 0 Å². The maximum absolute atomic E-state index is 12.6. The van der Waals surface area contributed by atoms with Gasteiger partial charge in [-0.05, 0) is 37.2 Å². The second-order valence-electron chi connectivity index (χ2n) is 6.25. The van der Waals surface area contributed by atoms with Gasteiger partial charge in [0.15, 0.2) is 5.65 Å². The molecule has 4 rings (SSSR count). The molecule has 0 radical (unpaired) electrons. The molecule has 0 bridgehead atoms. The predicted octanol–water partition coefficient (Wildman–Crippen LogP) is 2.57. The zero-order chi connectivity index (χ0) is 17.6. The molecule has 0 saturated heterocycles. The molecule has 1 fully saturated rings. The highest BCUT2D eigenvalue weighted by molar-refractivity contribution is 7.91. The van der Waals surface area contributed by atoms with Gasteiger partial charge in [-0.2, -0.15) is 5.10 Å². The molecule has 0 unspecified atom stereocenters. The van der Waals surface area contributed by atoms with Crippen molar-refractivity contribution in [3.63, 3.8) is 0 Å². The van der Waals surface area contributed by atoms with E-state index in [9.17, 15) is 8.42 Å². The van der Waals surface area contributed by atoms with Crippen molar-refractivity contribution in [1.29, 1.82) is 0 Å². The van der Waals surface area contributed by atoms with Gasteiger partial charge in [0, 0.05) is 24.2 Å². The molecule has 0 atom stereocenters. The van der Waals surface area contributed by atoms with E-state index in [0.717, 1.165) is 18.4 Å². The Bertz CT molecular complexity index is 1020. The second kappa shape index (κ2) is 6.06. The molecule has 0 amide bonds. The standard InChI is InChI=1S/C15H16ClN5O3S/c1-9-19-20-15(24-9)25(22,23)11-4-2-10(3-5-11)12-7-21-14(6-13(12)16)17-8-18-21/h6-8,10-11H,2-5H2,1H3. The minimum Gasteiger partial charge on any atom is -0.413 e. The zero-order valence-corrected chi connectivity index (χ0v) is 15.0. The van der Waals surface area contributed by atoms with E-state index < -0.39 is 15.1 Å².